The van der Waals surface area contributed by atoms with Crippen LogP contribution in [-0.2, 0) is 4.79 Å². The van der Waals surface area contributed by atoms with Gasteiger partial charge in [-0.2, -0.15) is 0 Å². The van der Waals surface area contributed by atoms with Gasteiger partial charge in [-0.1, -0.05) is 0 Å². The summed E-state index contributed by atoms with van der Waals surface area (Å²) < 4.78 is 0. The zero-order valence-electron chi connectivity index (χ0n) is 7.26. The number of Topliss-reactive ketones (excluding diaryl/α,β-unsaturated/α-hetero) is 1. The first-order chi connectivity index (χ1) is 5.11. The van der Waals surface area contributed by atoms with Crippen LogP contribution in [0.5, 0.6) is 0 Å². The van der Waals surface area contributed by atoms with Crippen LogP contribution in [0, 0.1) is 0 Å². The Hall–Kier alpha value is -0.370. The highest BCUT2D eigenvalue weighted by Crippen LogP contribution is 2.37. The van der Waals surface area contributed by atoms with Crippen LogP contribution in [0.15, 0.2) is 0 Å². The third kappa shape index (κ3) is 0.924. The topological polar surface area (TPSA) is 20.3 Å². The summed E-state index contributed by atoms with van der Waals surface area (Å²) in [5.41, 5.74) is 0.289. The van der Waals surface area contributed by atoms with Gasteiger partial charge in [0.2, 0.25) is 0 Å². The van der Waals surface area contributed by atoms with Crippen LogP contribution < -0.4 is 0 Å². The molecule has 0 radical (unpaired) electrons. The van der Waals surface area contributed by atoms with Crippen molar-refractivity contribution in [1.29, 1.82) is 0 Å². The Morgan fingerprint density at radius 2 is 2.27 bits per heavy atom. The van der Waals surface area contributed by atoms with Gasteiger partial charge in [0.25, 0.3) is 0 Å². The molecular formula is C9H15NO. The Morgan fingerprint density at radius 3 is 2.91 bits per heavy atom. The standard InChI is InChI=1S/C9H15NO/c1-9(2)5-3-7-8(11)4-6-10(7)9/h7H,3-6H2,1-2H3. The van der Waals surface area contributed by atoms with E-state index in [0.29, 0.717) is 5.78 Å². The molecule has 2 heteroatoms. The van der Waals surface area contributed by atoms with Gasteiger partial charge in [0.15, 0.2) is 5.78 Å². The fourth-order valence-corrected chi connectivity index (χ4v) is 2.40. The monoisotopic (exact) mass is 153 g/mol. The zero-order valence-corrected chi connectivity index (χ0v) is 7.26. The molecule has 0 aromatic carbocycles. The lowest BCUT2D eigenvalue weighted by Crippen LogP contribution is -2.40. The molecule has 1 unspecified atom stereocenters. The van der Waals surface area contributed by atoms with Gasteiger partial charge >= 0.3 is 0 Å². The van der Waals surface area contributed by atoms with Gasteiger partial charge in [0, 0.05) is 18.5 Å². The molecule has 0 saturated carbocycles. The van der Waals surface area contributed by atoms with E-state index in [1.165, 1.54) is 6.42 Å². The lowest BCUT2D eigenvalue weighted by atomic mass is 10.0. The minimum Gasteiger partial charge on any atom is -0.298 e. The van der Waals surface area contributed by atoms with Crippen LogP contribution in [0.2, 0.25) is 0 Å². The van der Waals surface area contributed by atoms with Crippen molar-refractivity contribution < 1.29 is 4.79 Å². The molecule has 2 saturated heterocycles. The Kier molecular flexibility index (Phi) is 1.37. The Labute approximate surface area is 67.6 Å². The number of fused-ring (bicyclic) bond motifs is 1. The summed E-state index contributed by atoms with van der Waals surface area (Å²) in [4.78, 5) is 13.7. The van der Waals surface area contributed by atoms with Gasteiger partial charge in [-0.15, -0.1) is 0 Å². The molecule has 1 atom stereocenters. The van der Waals surface area contributed by atoms with E-state index in [2.05, 4.69) is 18.7 Å². The fourth-order valence-electron chi connectivity index (χ4n) is 2.40. The number of carbonyl (C=O) groups is 1. The molecule has 11 heavy (non-hydrogen) atoms. The molecule has 2 fully saturated rings. The van der Waals surface area contributed by atoms with E-state index in [9.17, 15) is 4.79 Å². The van der Waals surface area contributed by atoms with E-state index in [1.54, 1.807) is 0 Å². The molecule has 2 aliphatic rings. The SMILES string of the molecule is CC1(C)CCC2C(=O)CCN21. The summed E-state index contributed by atoms with van der Waals surface area (Å²) in [7, 11) is 0. The summed E-state index contributed by atoms with van der Waals surface area (Å²) in [6.07, 6.45) is 3.06. The average Bonchev–Trinajstić information content (AvgIpc) is 2.39. The Balaban J connectivity index is 2.23. The smallest absolute Gasteiger partial charge is 0.151 e. The zero-order chi connectivity index (χ0) is 8.06. The average molecular weight is 153 g/mol. The molecular weight excluding hydrogens is 138 g/mol. The van der Waals surface area contributed by atoms with Crippen molar-refractivity contribution in [3.63, 3.8) is 0 Å². The predicted molar refractivity (Wildman–Crippen MR) is 43.4 cm³/mol. The number of rotatable bonds is 0. The summed E-state index contributed by atoms with van der Waals surface area (Å²) >= 11 is 0. The third-order valence-electron chi connectivity index (χ3n) is 3.15. The largest absolute Gasteiger partial charge is 0.298 e. The minimum absolute atomic E-state index is 0.282. The van der Waals surface area contributed by atoms with E-state index in [1.807, 2.05) is 0 Å². The Bertz CT molecular complexity index is 198. The molecule has 0 aromatic rings. The summed E-state index contributed by atoms with van der Waals surface area (Å²) in [6, 6.07) is 0.282. The number of carbonyl (C=O) groups excluding carboxylic acids is 1. The van der Waals surface area contributed by atoms with Crippen LogP contribution in [0.25, 0.3) is 0 Å². The van der Waals surface area contributed by atoms with Crippen molar-refractivity contribution in [2.45, 2.75) is 44.7 Å². The summed E-state index contributed by atoms with van der Waals surface area (Å²) in [6.45, 7) is 5.48. The summed E-state index contributed by atoms with van der Waals surface area (Å²) in [5, 5.41) is 0. The number of nitrogens with zero attached hydrogens (tertiary/aromatic N) is 1. The highest BCUT2D eigenvalue weighted by molar-refractivity contribution is 5.86. The van der Waals surface area contributed by atoms with E-state index in [0.717, 1.165) is 19.4 Å². The highest BCUT2D eigenvalue weighted by atomic mass is 16.1. The van der Waals surface area contributed by atoms with Crippen molar-refractivity contribution in [2.75, 3.05) is 6.54 Å². The van der Waals surface area contributed by atoms with Gasteiger partial charge in [-0.25, -0.2) is 0 Å². The Morgan fingerprint density at radius 1 is 1.55 bits per heavy atom. The van der Waals surface area contributed by atoms with Gasteiger partial charge in [-0.3, -0.25) is 9.69 Å². The predicted octanol–water partition coefficient (Wildman–Crippen LogP) is 1.20. The molecule has 2 aliphatic heterocycles. The van der Waals surface area contributed by atoms with Crippen LogP contribution >= 0.6 is 0 Å². The van der Waals surface area contributed by atoms with Crippen LogP contribution in [0.3, 0.4) is 0 Å². The van der Waals surface area contributed by atoms with Crippen LogP contribution in [-0.4, -0.2) is 28.8 Å². The lowest BCUT2D eigenvalue weighted by molar-refractivity contribution is -0.119. The van der Waals surface area contributed by atoms with Crippen molar-refractivity contribution in [1.82, 2.24) is 4.90 Å². The van der Waals surface area contributed by atoms with Crippen molar-refractivity contribution in [3.8, 4) is 0 Å². The number of hydrogen-bond donors (Lipinski definition) is 0. The van der Waals surface area contributed by atoms with Gasteiger partial charge in [-0.05, 0) is 26.7 Å². The minimum atomic E-state index is 0.282. The van der Waals surface area contributed by atoms with E-state index >= 15 is 0 Å². The third-order valence-corrected chi connectivity index (χ3v) is 3.15. The van der Waals surface area contributed by atoms with Gasteiger partial charge < -0.3 is 0 Å². The van der Waals surface area contributed by atoms with Crippen molar-refractivity contribution in [3.05, 3.63) is 0 Å². The first kappa shape index (κ1) is 7.29. The molecule has 0 bridgehead atoms. The molecule has 0 aliphatic carbocycles. The maximum absolute atomic E-state index is 11.3. The molecule has 0 amide bonds. The first-order valence-corrected chi connectivity index (χ1v) is 4.41. The van der Waals surface area contributed by atoms with Gasteiger partial charge in [0.1, 0.15) is 0 Å². The second kappa shape index (κ2) is 2.07. The van der Waals surface area contributed by atoms with E-state index in [4.69, 9.17) is 0 Å². The quantitative estimate of drug-likeness (QED) is 0.521. The van der Waals surface area contributed by atoms with Crippen molar-refractivity contribution >= 4 is 5.78 Å². The second-order valence-electron chi connectivity index (χ2n) is 4.28. The number of hydrogen-bond acceptors (Lipinski definition) is 2. The van der Waals surface area contributed by atoms with Crippen LogP contribution in [0.1, 0.15) is 33.1 Å². The normalized spacial score (nSPS) is 36.2. The fraction of sp³-hybridized carbons (Fsp3) is 0.889. The van der Waals surface area contributed by atoms with Gasteiger partial charge in [0.05, 0.1) is 6.04 Å². The molecule has 0 N–H and O–H groups in total. The molecule has 0 spiro atoms. The lowest BCUT2D eigenvalue weighted by Gasteiger charge is -2.29. The molecule has 62 valence electrons. The highest BCUT2D eigenvalue weighted by Gasteiger charge is 2.45. The first-order valence-electron chi connectivity index (χ1n) is 4.41. The van der Waals surface area contributed by atoms with E-state index in [-0.39, 0.29) is 11.6 Å². The van der Waals surface area contributed by atoms with Crippen LogP contribution in [0.4, 0.5) is 0 Å². The molecule has 2 nitrogen and oxygen atoms in total. The summed E-state index contributed by atoms with van der Waals surface area (Å²) in [5.74, 6) is 0.468. The second-order valence-corrected chi connectivity index (χ2v) is 4.28. The van der Waals surface area contributed by atoms with E-state index < -0.39 is 0 Å². The maximum Gasteiger partial charge on any atom is 0.151 e. The molecule has 2 rings (SSSR count). The van der Waals surface area contributed by atoms with Crippen molar-refractivity contribution in [2.24, 2.45) is 0 Å². The molecule has 0 aromatic heterocycles. The number of ketones is 1. The molecule has 2 heterocycles. The maximum atomic E-state index is 11.3.